The Morgan fingerprint density at radius 3 is 2.33 bits per heavy atom. The molecule has 0 atom stereocenters. The Balaban J connectivity index is 2.57. The lowest BCUT2D eigenvalue weighted by Crippen LogP contribution is -2.04. The Hall–Kier alpha value is -2.17. The lowest BCUT2D eigenvalue weighted by molar-refractivity contribution is -0.137. The number of hydrogen-bond donors (Lipinski definition) is 2. The molecule has 94 valence electrons. The maximum atomic E-state index is 12.6. The highest BCUT2D eigenvalue weighted by atomic mass is 19.4. The minimum Gasteiger partial charge on any atom is -0.507 e. The summed E-state index contributed by atoms with van der Waals surface area (Å²) >= 11 is 0. The normalized spacial score (nSPS) is 11.5. The first-order valence-electron chi connectivity index (χ1n) is 5.14. The van der Waals surface area contributed by atoms with Gasteiger partial charge in [-0.3, -0.25) is 0 Å². The number of phenolic OH excluding ortho intramolecular Hbond substituents is 1. The van der Waals surface area contributed by atoms with Crippen LogP contribution in [0.5, 0.6) is 5.75 Å². The van der Waals surface area contributed by atoms with Crippen LogP contribution in [0.1, 0.15) is 5.56 Å². The molecule has 0 saturated heterocycles. The predicted octanol–water partition coefficient (Wildman–Crippen LogP) is 3.66. The SMILES string of the molecule is Nc1cccc(-c2cc(C(F)(F)F)ccc2O)c1. The van der Waals surface area contributed by atoms with Crippen LogP contribution in [0.3, 0.4) is 0 Å². The van der Waals surface area contributed by atoms with E-state index >= 15 is 0 Å². The van der Waals surface area contributed by atoms with Gasteiger partial charge in [-0.05, 0) is 35.9 Å². The Labute approximate surface area is 101 Å². The van der Waals surface area contributed by atoms with E-state index in [9.17, 15) is 18.3 Å². The number of nitrogen functional groups attached to an aromatic ring is 1. The van der Waals surface area contributed by atoms with Crippen LogP contribution >= 0.6 is 0 Å². The molecule has 0 heterocycles. The molecule has 0 aliphatic heterocycles. The lowest BCUT2D eigenvalue weighted by atomic mass is 10.0. The molecule has 2 rings (SSSR count). The number of halogens is 3. The van der Waals surface area contributed by atoms with Crippen LogP contribution in [0, 0.1) is 0 Å². The molecule has 0 aliphatic carbocycles. The summed E-state index contributed by atoms with van der Waals surface area (Å²) in [6.45, 7) is 0. The molecule has 3 N–H and O–H groups in total. The molecule has 2 aromatic rings. The van der Waals surface area contributed by atoms with E-state index in [0.29, 0.717) is 11.3 Å². The van der Waals surface area contributed by atoms with Crippen LogP contribution in [0.2, 0.25) is 0 Å². The Morgan fingerprint density at radius 2 is 1.72 bits per heavy atom. The van der Waals surface area contributed by atoms with Crippen LogP contribution in [-0.4, -0.2) is 5.11 Å². The van der Waals surface area contributed by atoms with Crippen molar-refractivity contribution in [2.45, 2.75) is 6.18 Å². The highest BCUT2D eigenvalue weighted by Gasteiger charge is 2.31. The summed E-state index contributed by atoms with van der Waals surface area (Å²) in [5, 5.41) is 9.64. The van der Waals surface area contributed by atoms with Gasteiger partial charge in [-0.25, -0.2) is 0 Å². The number of benzene rings is 2. The zero-order valence-corrected chi connectivity index (χ0v) is 9.20. The van der Waals surface area contributed by atoms with Crippen LogP contribution in [0.25, 0.3) is 11.1 Å². The van der Waals surface area contributed by atoms with E-state index in [0.717, 1.165) is 18.2 Å². The van der Waals surface area contributed by atoms with E-state index in [1.165, 1.54) is 6.07 Å². The highest BCUT2D eigenvalue weighted by molar-refractivity contribution is 5.73. The highest BCUT2D eigenvalue weighted by Crippen LogP contribution is 2.36. The second kappa shape index (κ2) is 4.25. The first-order valence-corrected chi connectivity index (χ1v) is 5.14. The molecule has 0 aliphatic rings. The van der Waals surface area contributed by atoms with Gasteiger partial charge in [0.25, 0.3) is 0 Å². The minimum absolute atomic E-state index is 0.108. The Morgan fingerprint density at radius 1 is 1.00 bits per heavy atom. The fourth-order valence-corrected chi connectivity index (χ4v) is 1.65. The van der Waals surface area contributed by atoms with Crippen molar-refractivity contribution in [3.8, 4) is 16.9 Å². The van der Waals surface area contributed by atoms with E-state index in [4.69, 9.17) is 5.73 Å². The molecule has 0 radical (unpaired) electrons. The molecule has 0 amide bonds. The predicted molar refractivity (Wildman–Crippen MR) is 63.0 cm³/mol. The van der Waals surface area contributed by atoms with Gasteiger partial charge in [0, 0.05) is 11.3 Å². The van der Waals surface area contributed by atoms with Gasteiger partial charge in [-0.1, -0.05) is 12.1 Å². The van der Waals surface area contributed by atoms with Crippen LogP contribution in [-0.2, 0) is 6.18 Å². The third kappa shape index (κ3) is 2.40. The zero-order chi connectivity index (χ0) is 13.3. The minimum atomic E-state index is -4.44. The summed E-state index contributed by atoms with van der Waals surface area (Å²) in [5.74, 6) is -0.214. The van der Waals surface area contributed by atoms with Crippen LogP contribution in [0.4, 0.5) is 18.9 Å². The van der Waals surface area contributed by atoms with Gasteiger partial charge < -0.3 is 10.8 Å². The smallest absolute Gasteiger partial charge is 0.416 e. The van der Waals surface area contributed by atoms with Gasteiger partial charge in [0.2, 0.25) is 0 Å². The topological polar surface area (TPSA) is 46.2 Å². The quantitative estimate of drug-likeness (QED) is 0.762. The van der Waals surface area contributed by atoms with Gasteiger partial charge >= 0.3 is 6.18 Å². The van der Waals surface area contributed by atoms with Crippen LogP contribution < -0.4 is 5.73 Å². The Bertz CT molecular complexity index is 579. The summed E-state index contributed by atoms with van der Waals surface area (Å²) in [5.41, 5.74) is 5.73. The second-order valence-electron chi connectivity index (χ2n) is 3.86. The van der Waals surface area contributed by atoms with E-state index in [1.54, 1.807) is 18.2 Å². The number of alkyl halides is 3. The number of rotatable bonds is 1. The zero-order valence-electron chi connectivity index (χ0n) is 9.20. The van der Waals surface area contributed by atoms with Crippen molar-refractivity contribution in [1.29, 1.82) is 0 Å². The summed E-state index contributed by atoms with van der Waals surface area (Å²) in [6.07, 6.45) is -4.44. The van der Waals surface area contributed by atoms with Gasteiger partial charge in [0.1, 0.15) is 5.75 Å². The molecule has 0 bridgehead atoms. The second-order valence-corrected chi connectivity index (χ2v) is 3.86. The molecule has 2 nitrogen and oxygen atoms in total. The van der Waals surface area contributed by atoms with Crippen molar-refractivity contribution in [3.63, 3.8) is 0 Å². The van der Waals surface area contributed by atoms with E-state index in [-0.39, 0.29) is 11.3 Å². The van der Waals surface area contributed by atoms with Crippen molar-refractivity contribution < 1.29 is 18.3 Å². The van der Waals surface area contributed by atoms with Crippen molar-refractivity contribution in [2.75, 3.05) is 5.73 Å². The standard InChI is InChI=1S/C13H10F3NO/c14-13(15,16)9-4-5-12(18)11(7-9)8-2-1-3-10(17)6-8/h1-7,18H,17H2. The Kier molecular flexibility index (Phi) is 2.90. The number of phenols is 1. The first kappa shape index (κ1) is 12.3. The summed E-state index contributed by atoms with van der Waals surface area (Å²) in [6, 6.07) is 9.11. The molecule has 5 heteroatoms. The molecule has 2 aromatic carbocycles. The number of aromatic hydroxyl groups is 1. The molecule has 0 fully saturated rings. The van der Waals surface area contributed by atoms with Gasteiger partial charge in [-0.15, -0.1) is 0 Å². The number of hydrogen-bond acceptors (Lipinski definition) is 2. The molecule has 18 heavy (non-hydrogen) atoms. The third-order valence-electron chi connectivity index (χ3n) is 2.52. The largest absolute Gasteiger partial charge is 0.507 e. The lowest BCUT2D eigenvalue weighted by Gasteiger charge is -2.11. The molecule has 0 aromatic heterocycles. The van der Waals surface area contributed by atoms with E-state index in [1.807, 2.05) is 0 Å². The molecular weight excluding hydrogens is 243 g/mol. The van der Waals surface area contributed by atoms with Gasteiger partial charge in [0.05, 0.1) is 5.56 Å². The van der Waals surface area contributed by atoms with Gasteiger partial charge in [-0.2, -0.15) is 13.2 Å². The van der Waals surface area contributed by atoms with Crippen molar-refractivity contribution in [3.05, 3.63) is 48.0 Å². The van der Waals surface area contributed by atoms with E-state index < -0.39 is 11.7 Å². The number of nitrogens with two attached hydrogens (primary N) is 1. The average molecular weight is 253 g/mol. The van der Waals surface area contributed by atoms with Crippen molar-refractivity contribution in [1.82, 2.24) is 0 Å². The summed E-state index contributed by atoms with van der Waals surface area (Å²) in [4.78, 5) is 0. The third-order valence-corrected chi connectivity index (χ3v) is 2.52. The maximum Gasteiger partial charge on any atom is 0.416 e. The fourth-order valence-electron chi connectivity index (χ4n) is 1.65. The van der Waals surface area contributed by atoms with Crippen molar-refractivity contribution in [2.24, 2.45) is 0 Å². The monoisotopic (exact) mass is 253 g/mol. The molecule has 0 unspecified atom stereocenters. The maximum absolute atomic E-state index is 12.6. The molecule has 0 spiro atoms. The van der Waals surface area contributed by atoms with E-state index in [2.05, 4.69) is 0 Å². The summed E-state index contributed by atoms with van der Waals surface area (Å²) in [7, 11) is 0. The van der Waals surface area contributed by atoms with Crippen molar-refractivity contribution >= 4 is 5.69 Å². The molecular formula is C13H10F3NO. The first-order chi connectivity index (χ1) is 8.38. The fraction of sp³-hybridized carbons (Fsp3) is 0.0769. The van der Waals surface area contributed by atoms with Gasteiger partial charge in [0.15, 0.2) is 0 Å². The average Bonchev–Trinajstić information content (AvgIpc) is 2.28. The number of anilines is 1. The van der Waals surface area contributed by atoms with Crippen LogP contribution in [0.15, 0.2) is 42.5 Å². The summed E-state index contributed by atoms with van der Waals surface area (Å²) < 4.78 is 37.8. The molecule has 0 saturated carbocycles.